The van der Waals surface area contributed by atoms with Gasteiger partial charge in [0, 0.05) is 5.56 Å². The highest BCUT2D eigenvalue weighted by atomic mass is 32.2. The number of nitrogens with two attached hydrogens (primary N) is 1. The minimum Gasteiger partial charge on any atom is -0.267 e. The van der Waals surface area contributed by atoms with Gasteiger partial charge in [0.1, 0.15) is 5.82 Å². The van der Waals surface area contributed by atoms with Crippen LogP contribution in [0.2, 0.25) is 0 Å². The van der Waals surface area contributed by atoms with Crippen molar-refractivity contribution in [1.29, 1.82) is 0 Å². The summed E-state index contributed by atoms with van der Waals surface area (Å²) in [4.78, 5) is 11.9. The van der Waals surface area contributed by atoms with Crippen LogP contribution in [0, 0.1) is 5.82 Å². The van der Waals surface area contributed by atoms with Gasteiger partial charge >= 0.3 is 0 Å². The number of thiocarbonyl (C=S) groups is 1. The molecule has 2 N–H and O–H groups in total. The number of thioether (sulfide) groups is 1. The second kappa shape index (κ2) is 4.32. The Labute approximate surface area is 101 Å². The van der Waals surface area contributed by atoms with E-state index >= 15 is 0 Å². The van der Waals surface area contributed by atoms with E-state index in [0.717, 1.165) is 16.8 Å². The summed E-state index contributed by atoms with van der Waals surface area (Å²) in [6.07, 6.45) is 1.45. The minimum atomic E-state index is -0.404. The van der Waals surface area contributed by atoms with Crippen molar-refractivity contribution < 1.29 is 9.18 Å². The van der Waals surface area contributed by atoms with E-state index in [1.54, 1.807) is 18.2 Å². The zero-order chi connectivity index (χ0) is 11.7. The first-order chi connectivity index (χ1) is 7.59. The first-order valence-electron chi connectivity index (χ1n) is 4.37. The van der Waals surface area contributed by atoms with E-state index in [1.165, 1.54) is 12.1 Å². The number of benzene rings is 1. The van der Waals surface area contributed by atoms with Gasteiger partial charge in [-0.25, -0.2) is 15.2 Å². The van der Waals surface area contributed by atoms with Crippen molar-refractivity contribution in [3.63, 3.8) is 0 Å². The molecule has 16 heavy (non-hydrogen) atoms. The Morgan fingerprint density at radius 1 is 1.44 bits per heavy atom. The van der Waals surface area contributed by atoms with Crippen LogP contribution in [0.4, 0.5) is 4.39 Å². The van der Waals surface area contributed by atoms with Crippen LogP contribution in [-0.2, 0) is 4.79 Å². The molecule has 3 nitrogen and oxygen atoms in total. The van der Waals surface area contributed by atoms with Crippen molar-refractivity contribution in [3.05, 3.63) is 40.6 Å². The van der Waals surface area contributed by atoms with Crippen molar-refractivity contribution >= 4 is 40.3 Å². The Balaban J connectivity index is 2.37. The molecule has 0 radical (unpaired) electrons. The van der Waals surface area contributed by atoms with Gasteiger partial charge in [0.05, 0.1) is 4.91 Å². The average molecular weight is 254 g/mol. The number of carbonyl (C=O) groups excluding carboxylic acids is 1. The number of hydrogen-bond donors (Lipinski definition) is 1. The Hall–Kier alpha value is -1.24. The fraction of sp³-hybridized carbons (Fsp3) is 0. The van der Waals surface area contributed by atoms with Gasteiger partial charge in [-0.2, -0.15) is 0 Å². The topological polar surface area (TPSA) is 46.3 Å². The summed E-state index contributed by atoms with van der Waals surface area (Å²) in [7, 11) is 0. The molecule has 0 unspecified atom stereocenters. The van der Waals surface area contributed by atoms with Crippen LogP contribution < -0.4 is 5.84 Å². The minimum absolute atomic E-state index is 0.271. The summed E-state index contributed by atoms with van der Waals surface area (Å²) in [5.41, 5.74) is 0.344. The van der Waals surface area contributed by atoms with Crippen molar-refractivity contribution in [2.24, 2.45) is 5.84 Å². The highest BCUT2D eigenvalue weighted by Gasteiger charge is 2.29. The number of halogens is 1. The molecule has 6 heteroatoms. The van der Waals surface area contributed by atoms with Gasteiger partial charge in [0.15, 0.2) is 4.32 Å². The maximum absolute atomic E-state index is 13.3. The molecule has 1 saturated heterocycles. The molecule has 0 saturated carbocycles. The van der Waals surface area contributed by atoms with E-state index in [1.807, 2.05) is 0 Å². The third-order valence-electron chi connectivity index (χ3n) is 2.02. The number of amides is 1. The fourth-order valence-corrected chi connectivity index (χ4v) is 2.31. The smallest absolute Gasteiger partial charge is 0.267 e. The molecule has 1 fully saturated rings. The Bertz CT molecular complexity index is 501. The molecular formula is C10H7FN2OS2. The molecular weight excluding hydrogens is 247 g/mol. The fourth-order valence-electron chi connectivity index (χ4n) is 1.21. The lowest BCUT2D eigenvalue weighted by Gasteiger charge is -2.03. The molecule has 2 rings (SSSR count). The summed E-state index contributed by atoms with van der Waals surface area (Å²) in [5.74, 6) is 4.60. The van der Waals surface area contributed by atoms with Gasteiger partial charge in [0.2, 0.25) is 0 Å². The van der Waals surface area contributed by atoms with Crippen molar-refractivity contribution in [2.75, 3.05) is 0 Å². The Kier molecular flexibility index (Phi) is 3.04. The quantitative estimate of drug-likeness (QED) is 0.360. The Morgan fingerprint density at radius 2 is 2.12 bits per heavy atom. The van der Waals surface area contributed by atoms with E-state index in [9.17, 15) is 9.18 Å². The van der Waals surface area contributed by atoms with Crippen molar-refractivity contribution in [1.82, 2.24) is 5.01 Å². The predicted molar refractivity (Wildman–Crippen MR) is 65.6 cm³/mol. The third kappa shape index (κ3) is 1.99. The predicted octanol–water partition coefficient (Wildman–Crippen LogP) is 1.90. The van der Waals surface area contributed by atoms with Gasteiger partial charge in [-0.1, -0.05) is 42.2 Å². The Morgan fingerprint density at radius 3 is 2.69 bits per heavy atom. The maximum Gasteiger partial charge on any atom is 0.280 e. The van der Waals surface area contributed by atoms with Gasteiger partial charge in [0.25, 0.3) is 5.91 Å². The van der Waals surface area contributed by atoms with Crippen LogP contribution in [0.25, 0.3) is 6.08 Å². The summed E-state index contributed by atoms with van der Waals surface area (Å²) >= 11 is 5.92. The number of rotatable bonds is 1. The lowest BCUT2D eigenvalue weighted by molar-refractivity contribution is -0.122. The number of hydrogen-bond acceptors (Lipinski definition) is 4. The maximum atomic E-state index is 13.3. The zero-order valence-corrected chi connectivity index (χ0v) is 9.65. The zero-order valence-electron chi connectivity index (χ0n) is 8.01. The van der Waals surface area contributed by atoms with Crippen LogP contribution in [0.15, 0.2) is 29.2 Å². The normalized spacial score (nSPS) is 18.6. The second-order valence-electron chi connectivity index (χ2n) is 3.07. The first kappa shape index (κ1) is 11.3. The standard InChI is InChI=1S/C10H7FN2OS2/c11-7-4-2-1-3-6(7)5-8-9(14)13(12)10(15)16-8/h1-5H,12H2/b8-5-. The molecule has 0 spiro atoms. The molecule has 0 atom stereocenters. The molecule has 1 aromatic rings. The number of carbonyl (C=O) groups is 1. The van der Waals surface area contributed by atoms with E-state index in [4.69, 9.17) is 18.1 Å². The molecule has 1 aliphatic rings. The summed E-state index contributed by atoms with van der Waals surface area (Å²) in [6.45, 7) is 0. The second-order valence-corrected chi connectivity index (χ2v) is 4.75. The van der Waals surface area contributed by atoms with Gasteiger partial charge in [-0.3, -0.25) is 4.79 Å². The molecule has 1 amide bonds. The van der Waals surface area contributed by atoms with Crippen LogP contribution in [0.5, 0.6) is 0 Å². The van der Waals surface area contributed by atoms with E-state index in [0.29, 0.717) is 10.5 Å². The average Bonchev–Trinajstić information content (AvgIpc) is 2.50. The first-order valence-corrected chi connectivity index (χ1v) is 5.59. The van der Waals surface area contributed by atoms with Crippen LogP contribution in [-0.4, -0.2) is 15.2 Å². The van der Waals surface area contributed by atoms with Crippen molar-refractivity contribution in [2.45, 2.75) is 0 Å². The monoisotopic (exact) mass is 254 g/mol. The largest absolute Gasteiger partial charge is 0.280 e. The molecule has 0 aromatic heterocycles. The van der Waals surface area contributed by atoms with Gasteiger partial charge in [-0.05, 0) is 12.1 Å². The molecule has 0 bridgehead atoms. The molecule has 1 aromatic carbocycles. The van der Waals surface area contributed by atoms with Crippen LogP contribution in [0.3, 0.4) is 0 Å². The highest BCUT2D eigenvalue weighted by molar-refractivity contribution is 8.26. The molecule has 1 heterocycles. The summed E-state index contributed by atoms with van der Waals surface area (Å²) < 4.78 is 13.6. The van der Waals surface area contributed by atoms with Gasteiger partial charge < -0.3 is 0 Å². The van der Waals surface area contributed by atoms with E-state index < -0.39 is 5.91 Å². The van der Waals surface area contributed by atoms with E-state index in [-0.39, 0.29) is 10.1 Å². The summed E-state index contributed by atoms with van der Waals surface area (Å²) in [5, 5.41) is 0.882. The van der Waals surface area contributed by atoms with Gasteiger partial charge in [-0.15, -0.1) is 0 Å². The van der Waals surface area contributed by atoms with Crippen LogP contribution >= 0.6 is 24.0 Å². The third-order valence-corrected chi connectivity index (χ3v) is 3.35. The number of nitrogens with zero attached hydrogens (tertiary/aromatic N) is 1. The highest BCUT2D eigenvalue weighted by Crippen LogP contribution is 2.30. The number of hydrazine groups is 1. The molecule has 82 valence electrons. The van der Waals surface area contributed by atoms with Crippen molar-refractivity contribution in [3.8, 4) is 0 Å². The lowest BCUT2D eigenvalue weighted by atomic mass is 10.2. The SMILES string of the molecule is NN1C(=O)/C(=C/c2ccccc2F)SC1=S. The molecule has 0 aliphatic carbocycles. The summed E-state index contributed by atoms with van der Waals surface area (Å²) in [6, 6.07) is 6.19. The van der Waals surface area contributed by atoms with Crippen LogP contribution in [0.1, 0.15) is 5.56 Å². The lowest BCUT2D eigenvalue weighted by Crippen LogP contribution is -2.34. The van der Waals surface area contributed by atoms with E-state index in [2.05, 4.69) is 0 Å². The molecule has 1 aliphatic heterocycles.